The second-order valence-electron chi connectivity index (χ2n) is 4.03. The number of anilines is 1. The van der Waals surface area contributed by atoms with Gasteiger partial charge in [-0.25, -0.2) is 0 Å². The number of nitro benzene ring substituents is 1. The Hall–Kier alpha value is -2.13. The van der Waals surface area contributed by atoms with E-state index in [-0.39, 0.29) is 23.9 Å². The van der Waals surface area contributed by atoms with Crippen LogP contribution < -0.4 is 14.8 Å². The van der Waals surface area contributed by atoms with Gasteiger partial charge < -0.3 is 14.8 Å². The number of nitro groups is 1. The van der Waals surface area contributed by atoms with E-state index in [4.69, 9.17) is 9.47 Å². The maximum atomic E-state index is 12.1. The molecule has 7 nitrogen and oxygen atoms in total. The molecule has 1 aliphatic heterocycles. The van der Waals surface area contributed by atoms with Crippen molar-refractivity contribution in [2.24, 2.45) is 0 Å². The topological polar surface area (TPSA) is 90.7 Å². The Bertz CT molecular complexity index is 745. The van der Waals surface area contributed by atoms with Gasteiger partial charge in [0.15, 0.2) is 11.5 Å². The molecule has 0 aliphatic carbocycles. The molecule has 1 aliphatic rings. The van der Waals surface area contributed by atoms with Crippen LogP contribution in [0, 0.1) is 10.1 Å². The van der Waals surface area contributed by atoms with Crippen molar-refractivity contribution in [1.29, 1.82) is 0 Å². The molecule has 0 atom stereocenters. The SMILES string of the molecule is O=C(Nc1cc2c(cc1[N+](=O)[O-])OCO2)c1sccc1Br. The highest BCUT2D eigenvalue weighted by Gasteiger charge is 2.25. The maximum Gasteiger partial charge on any atom is 0.296 e. The third-order valence-electron chi connectivity index (χ3n) is 2.76. The minimum atomic E-state index is -0.582. The predicted molar refractivity (Wildman–Crippen MR) is 79.2 cm³/mol. The molecular weight excluding hydrogens is 364 g/mol. The first-order valence-corrected chi connectivity index (χ1v) is 7.36. The summed E-state index contributed by atoms with van der Waals surface area (Å²) in [6, 6.07) is 4.36. The summed E-state index contributed by atoms with van der Waals surface area (Å²) < 4.78 is 10.9. The Morgan fingerprint density at radius 3 is 2.71 bits per heavy atom. The number of benzene rings is 1. The van der Waals surface area contributed by atoms with Crippen LogP contribution in [0.4, 0.5) is 11.4 Å². The number of hydrogen-bond donors (Lipinski definition) is 1. The molecule has 0 saturated heterocycles. The van der Waals surface area contributed by atoms with Gasteiger partial charge in [-0.1, -0.05) is 0 Å². The normalized spacial score (nSPS) is 12.2. The molecule has 1 N–H and O–H groups in total. The van der Waals surface area contributed by atoms with Crippen LogP contribution in [0.15, 0.2) is 28.1 Å². The number of halogens is 1. The van der Waals surface area contributed by atoms with E-state index in [1.54, 1.807) is 11.4 Å². The molecule has 2 aromatic rings. The highest BCUT2D eigenvalue weighted by atomic mass is 79.9. The zero-order valence-electron chi connectivity index (χ0n) is 10.3. The number of nitrogens with one attached hydrogen (secondary N) is 1. The van der Waals surface area contributed by atoms with Crippen molar-refractivity contribution < 1.29 is 19.2 Å². The van der Waals surface area contributed by atoms with Crippen molar-refractivity contribution in [3.05, 3.63) is 43.0 Å². The van der Waals surface area contributed by atoms with Crippen LogP contribution in [0.3, 0.4) is 0 Å². The molecule has 21 heavy (non-hydrogen) atoms. The Balaban J connectivity index is 1.96. The number of carbonyl (C=O) groups excluding carboxylic acids is 1. The summed E-state index contributed by atoms with van der Waals surface area (Å²) >= 11 is 4.48. The standard InChI is InChI=1S/C12H7BrN2O5S/c13-6-1-2-21-11(6)12(16)14-7-3-9-10(20-5-19-9)4-8(7)15(17)18/h1-4H,5H2,(H,14,16). The van der Waals surface area contributed by atoms with Crippen molar-refractivity contribution >= 4 is 44.5 Å². The molecule has 0 spiro atoms. The fourth-order valence-corrected chi connectivity index (χ4v) is 3.26. The van der Waals surface area contributed by atoms with E-state index < -0.39 is 10.8 Å². The molecule has 0 radical (unpaired) electrons. The van der Waals surface area contributed by atoms with Gasteiger partial charge in [0.05, 0.1) is 11.0 Å². The van der Waals surface area contributed by atoms with Gasteiger partial charge in [-0.05, 0) is 27.4 Å². The number of thiophene rings is 1. The lowest BCUT2D eigenvalue weighted by molar-refractivity contribution is -0.384. The smallest absolute Gasteiger partial charge is 0.296 e. The second kappa shape index (κ2) is 5.34. The summed E-state index contributed by atoms with van der Waals surface area (Å²) in [7, 11) is 0. The molecule has 3 rings (SSSR count). The van der Waals surface area contributed by atoms with E-state index in [1.165, 1.54) is 23.5 Å². The van der Waals surface area contributed by atoms with E-state index >= 15 is 0 Å². The number of rotatable bonds is 3. The summed E-state index contributed by atoms with van der Waals surface area (Å²) in [6.45, 7) is 0.000357. The van der Waals surface area contributed by atoms with Gasteiger partial charge >= 0.3 is 0 Å². The molecule has 1 aromatic carbocycles. The Labute approximate surface area is 130 Å². The Morgan fingerprint density at radius 1 is 1.38 bits per heavy atom. The summed E-state index contributed by atoms with van der Waals surface area (Å²) in [5.74, 6) is 0.219. The number of amides is 1. The number of ether oxygens (including phenoxy) is 2. The molecule has 0 unspecified atom stereocenters. The van der Waals surface area contributed by atoms with Gasteiger partial charge in [-0.3, -0.25) is 14.9 Å². The average Bonchev–Trinajstić information content (AvgIpc) is 3.05. The minimum Gasteiger partial charge on any atom is -0.454 e. The van der Waals surface area contributed by atoms with E-state index in [9.17, 15) is 14.9 Å². The molecule has 108 valence electrons. The van der Waals surface area contributed by atoms with Crippen molar-refractivity contribution in [3.63, 3.8) is 0 Å². The van der Waals surface area contributed by atoms with Crippen LogP contribution >= 0.6 is 27.3 Å². The molecule has 1 amide bonds. The number of carbonyl (C=O) groups is 1. The first-order valence-electron chi connectivity index (χ1n) is 5.68. The molecule has 0 saturated carbocycles. The van der Waals surface area contributed by atoms with Crippen LogP contribution in [0.5, 0.6) is 11.5 Å². The van der Waals surface area contributed by atoms with Crippen molar-refractivity contribution in [2.75, 3.05) is 12.1 Å². The van der Waals surface area contributed by atoms with Crippen LogP contribution in [0.25, 0.3) is 0 Å². The van der Waals surface area contributed by atoms with Crippen LogP contribution in [0.1, 0.15) is 9.67 Å². The van der Waals surface area contributed by atoms with Gasteiger partial charge in [0, 0.05) is 10.5 Å². The zero-order chi connectivity index (χ0) is 15.0. The van der Waals surface area contributed by atoms with Crippen LogP contribution in [0.2, 0.25) is 0 Å². The van der Waals surface area contributed by atoms with Gasteiger partial charge in [-0.2, -0.15) is 0 Å². The minimum absolute atomic E-state index is 0.000357. The van der Waals surface area contributed by atoms with Crippen LogP contribution in [-0.2, 0) is 0 Å². The molecule has 2 heterocycles. The Morgan fingerprint density at radius 2 is 2.10 bits per heavy atom. The summed E-state index contributed by atoms with van der Waals surface area (Å²) in [4.78, 5) is 23.1. The first kappa shape index (κ1) is 13.8. The largest absolute Gasteiger partial charge is 0.454 e. The van der Waals surface area contributed by atoms with Gasteiger partial charge in [0.1, 0.15) is 10.6 Å². The average molecular weight is 371 g/mol. The third-order valence-corrected chi connectivity index (χ3v) is 4.60. The number of hydrogen-bond acceptors (Lipinski definition) is 6. The van der Waals surface area contributed by atoms with Crippen molar-refractivity contribution in [1.82, 2.24) is 0 Å². The van der Waals surface area contributed by atoms with E-state index in [2.05, 4.69) is 21.2 Å². The van der Waals surface area contributed by atoms with Gasteiger partial charge in [0.2, 0.25) is 6.79 Å². The highest BCUT2D eigenvalue weighted by molar-refractivity contribution is 9.10. The lowest BCUT2D eigenvalue weighted by atomic mass is 10.2. The first-order chi connectivity index (χ1) is 10.1. The van der Waals surface area contributed by atoms with Crippen molar-refractivity contribution in [2.45, 2.75) is 0 Å². The molecule has 0 bridgehead atoms. The van der Waals surface area contributed by atoms with Crippen LogP contribution in [-0.4, -0.2) is 17.6 Å². The third kappa shape index (κ3) is 2.57. The molecule has 1 aromatic heterocycles. The summed E-state index contributed by atoms with van der Waals surface area (Å²) in [5, 5.41) is 15.4. The van der Waals surface area contributed by atoms with Crippen molar-refractivity contribution in [3.8, 4) is 11.5 Å². The summed E-state index contributed by atoms with van der Waals surface area (Å²) in [5.41, 5.74) is -0.185. The molecule has 0 fully saturated rings. The highest BCUT2D eigenvalue weighted by Crippen LogP contribution is 2.40. The monoisotopic (exact) mass is 370 g/mol. The van der Waals surface area contributed by atoms with E-state index in [0.29, 0.717) is 15.1 Å². The lowest BCUT2D eigenvalue weighted by Gasteiger charge is -2.06. The second-order valence-corrected chi connectivity index (χ2v) is 5.80. The maximum absolute atomic E-state index is 12.1. The van der Waals surface area contributed by atoms with Gasteiger partial charge in [-0.15, -0.1) is 11.3 Å². The quantitative estimate of drug-likeness (QED) is 0.660. The number of fused-ring (bicyclic) bond motifs is 1. The van der Waals surface area contributed by atoms with E-state index in [0.717, 1.165) is 0 Å². The summed E-state index contributed by atoms with van der Waals surface area (Å²) in [6.07, 6.45) is 0. The fourth-order valence-electron chi connectivity index (χ4n) is 1.82. The molecule has 9 heteroatoms. The fraction of sp³-hybridized carbons (Fsp3) is 0.0833. The number of nitrogens with zero attached hydrogens (tertiary/aromatic N) is 1. The van der Waals surface area contributed by atoms with E-state index in [1.807, 2.05) is 0 Å². The van der Waals surface area contributed by atoms with Gasteiger partial charge in [0.25, 0.3) is 11.6 Å². The predicted octanol–water partition coefficient (Wildman–Crippen LogP) is 3.40. The zero-order valence-corrected chi connectivity index (χ0v) is 12.7. The lowest BCUT2D eigenvalue weighted by Crippen LogP contribution is -2.12. The Kier molecular flexibility index (Phi) is 3.52. The molecular formula is C12H7BrN2O5S.